The summed E-state index contributed by atoms with van der Waals surface area (Å²) in [4.78, 5) is 14.6. The molecule has 1 heterocycles. The fourth-order valence-corrected chi connectivity index (χ4v) is 2.75. The van der Waals surface area contributed by atoms with Crippen LogP contribution in [0.3, 0.4) is 0 Å². The summed E-state index contributed by atoms with van der Waals surface area (Å²) >= 11 is 0. The number of nitrogens with one attached hydrogen (secondary N) is 1. The number of hydrogen-bond donors (Lipinski definition) is 1. The lowest BCUT2D eigenvalue weighted by Gasteiger charge is -2.22. The van der Waals surface area contributed by atoms with Crippen molar-refractivity contribution in [1.82, 2.24) is 4.90 Å². The number of ether oxygens (including phenoxy) is 2. The van der Waals surface area contributed by atoms with Crippen molar-refractivity contribution in [2.45, 2.75) is 20.0 Å². The smallest absolute Gasteiger partial charge is 0.322 e. The van der Waals surface area contributed by atoms with Crippen molar-refractivity contribution in [2.24, 2.45) is 0 Å². The van der Waals surface area contributed by atoms with Gasteiger partial charge in [0.15, 0.2) is 0 Å². The first kappa shape index (κ1) is 19.4. The highest BCUT2D eigenvalue weighted by Crippen LogP contribution is 2.18. The van der Waals surface area contributed by atoms with E-state index in [1.165, 1.54) is 0 Å². The lowest BCUT2D eigenvalue weighted by atomic mass is 10.2. The molecule has 146 valence electrons. The Hall–Kier alpha value is -3.41. The van der Waals surface area contributed by atoms with Gasteiger partial charge in [0.2, 0.25) is 0 Å². The lowest BCUT2D eigenvalue weighted by Crippen LogP contribution is -2.33. The first-order valence-corrected chi connectivity index (χ1v) is 9.12. The Balaban J connectivity index is 1.72. The molecule has 0 saturated heterocycles. The van der Waals surface area contributed by atoms with Crippen molar-refractivity contribution >= 4 is 11.7 Å². The molecule has 0 atom stereocenters. The molecule has 0 spiro atoms. The monoisotopic (exact) mass is 380 g/mol. The van der Waals surface area contributed by atoms with Crippen LogP contribution >= 0.6 is 0 Å². The van der Waals surface area contributed by atoms with Gasteiger partial charge in [-0.25, -0.2) is 4.79 Å². The molecule has 0 bridgehead atoms. The Kier molecular flexibility index (Phi) is 6.57. The third kappa shape index (κ3) is 5.30. The third-order valence-corrected chi connectivity index (χ3v) is 4.16. The number of rotatable bonds is 8. The number of amides is 2. The SMILES string of the molecule is CCOc1ccc(CN(Cc2ccco2)C(=O)Nc2ccc(OC)cc2)cc1. The van der Waals surface area contributed by atoms with E-state index in [9.17, 15) is 4.79 Å². The molecule has 2 aromatic carbocycles. The first-order valence-electron chi connectivity index (χ1n) is 9.12. The van der Waals surface area contributed by atoms with Crippen molar-refractivity contribution in [1.29, 1.82) is 0 Å². The summed E-state index contributed by atoms with van der Waals surface area (Å²) in [5.41, 5.74) is 1.70. The van der Waals surface area contributed by atoms with Gasteiger partial charge in [-0.2, -0.15) is 0 Å². The molecule has 0 fully saturated rings. The average molecular weight is 380 g/mol. The fraction of sp³-hybridized carbons (Fsp3) is 0.227. The van der Waals surface area contributed by atoms with Gasteiger partial charge in [-0.1, -0.05) is 12.1 Å². The summed E-state index contributed by atoms with van der Waals surface area (Å²) in [6.07, 6.45) is 1.60. The topological polar surface area (TPSA) is 63.9 Å². The molecule has 0 unspecified atom stereocenters. The minimum atomic E-state index is -0.213. The van der Waals surface area contributed by atoms with Crippen LogP contribution < -0.4 is 14.8 Å². The van der Waals surface area contributed by atoms with Gasteiger partial charge in [-0.05, 0) is 61.0 Å². The number of methoxy groups -OCH3 is 1. The van der Waals surface area contributed by atoms with Crippen molar-refractivity contribution in [3.63, 3.8) is 0 Å². The minimum absolute atomic E-state index is 0.213. The van der Waals surface area contributed by atoms with Crippen molar-refractivity contribution < 1.29 is 18.7 Å². The van der Waals surface area contributed by atoms with E-state index in [1.54, 1.807) is 42.5 Å². The number of furan rings is 1. The van der Waals surface area contributed by atoms with Gasteiger partial charge in [-0.15, -0.1) is 0 Å². The maximum absolute atomic E-state index is 12.9. The van der Waals surface area contributed by atoms with Crippen LogP contribution in [-0.2, 0) is 13.1 Å². The summed E-state index contributed by atoms with van der Waals surface area (Å²) in [5, 5.41) is 2.92. The molecule has 0 aliphatic rings. The summed E-state index contributed by atoms with van der Waals surface area (Å²) in [6.45, 7) is 3.37. The zero-order valence-corrected chi connectivity index (χ0v) is 16.1. The van der Waals surface area contributed by atoms with Gasteiger partial charge in [0.05, 0.1) is 26.5 Å². The number of nitrogens with zero attached hydrogens (tertiary/aromatic N) is 1. The summed E-state index contributed by atoms with van der Waals surface area (Å²) in [6, 6.07) is 18.4. The van der Waals surface area contributed by atoms with E-state index in [0.29, 0.717) is 25.4 Å². The number of benzene rings is 2. The molecule has 0 aliphatic heterocycles. The predicted octanol–water partition coefficient (Wildman–Crippen LogP) is 4.92. The maximum atomic E-state index is 12.9. The van der Waals surface area contributed by atoms with Crippen LogP contribution in [0.25, 0.3) is 0 Å². The number of hydrogen-bond acceptors (Lipinski definition) is 4. The number of urea groups is 1. The lowest BCUT2D eigenvalue weighted by molar-refractivity contribution is 0.201. The van der Waals surface area contributed by atoms with Crippen molar-refractivity contribution in [2.75, 3.05) is 19.0 Å². The molecule has 2 amide bonds. The molecule has 0 saturated carbocycles. The molecular formula is C22H24N2O4. The highest BCUT2D eigenvalue weighted by molar-refractivity contribution is 5.89. The molecule has 1 aromatic heterocycles. The van der Waals surface area contributed by atoms with Crippen LogP contribution in [0, 0.1) is 0 Å². The minimum Gasteiger partial charge on any atom is -0.497 e. The van der Waals surface area contributed by atoms with Crippen LogP contribution in [0.1, 0.15) is 18.2 Å². The highest BCUT2D eigenvalue weighted by Gasteiger charge is 2.16. The summed E-state index contributed by atoms with van der Waals surface area (Å²) in [5.74, 6) is 2.27. The third-order valence-electron chi connectivity index (χ3n) is 4.16. The van der Waals surface area contributed by atoms with E-state index in [1.807, 2.05) is 43.3 Å². The van der Waals surface area contributed by atoms with Gasteiger partial charge in [0, 0.05) is 12.2 Å². The number of carbonyl (C=O) groups is 1. The molecular weight excluding hydrogens is 356 g/mol. The highest BCUT2D eigenvalue weighted by atomic mass is 16.5. The Morgan fingerprint density at radius 1 is 1.00 bits per heavy atom. The maximum Gasteiger partial charge on any atom is 0.322 e. The van der Waals surface area contributed by atoms with Gasteiger partial charge < -0.3 is 24.1 Å². The standard InChI is InChI=1S/C22H24N2O4/c1-3-27-20-10-6-17(7-11-20)15-24(16-21-5-4-14-28-21)22(25)23-18-8-12-19(26-2)13-9-18/h4-14H,3,15-16H2,1-2H3,(H,23,25). The molecule has 3 aromatic rings. The molecule has 3 rings (SSSR count). The average Bonchev–Trinajstić information content (AvgIpc) is 3.23. The van der Waals surface area contributed by atoms with E-state index in [2.05, 4.69) is 5.32 Å². The molecule has 0 aliphatic carbocycles. The molecule has 6 heteroatoms. The number of anilines is 1. The summed E-state index contributed by atoms with van der Waals surface area (Å²) in [7, 11) is 1.61. The second kappa shape index (κ2) is 9.50. The van der Waals surface area contributed by atoms with Crippen molar-refractivity contribution in [3.8, 4) is 11.5 Å². The normalized spacial score (nSPS) is 10.4. The first-order chi connectivity index (χ1) is 13.7. The van der Waals surface area contributed by atoms with E-state index in [0.717, 1.165) is 22.8 Å². The fourth-order valence-electron chi connectivity index (χ4n) is 2.75. The Bertz CT molecular complexity index is 859. The zero-order chi connectivity index (χ0) is 19.8. The number of carbonyl (C=O) groups excluding carboxylic acids is 1. The zero-order valence-electron chi connectivity index (χ0n) is 16.1. The van der Waals surface area contributed by atoms with E-state index < -0.39 is 0 Å². The van der Waals surface area contributed by atoms with E-state index in [4.69, 9.17) is 13.9 Å². The molecule has 28 heavy (non-hydrogen) atoms. The van der Waals surface area contributed by atoms with E-state index in [-0.39, 0.29) is 6.03 Å². The van der Waals surface area contributed by atoms with Crippen LogP contribution in [-0.4, -0.2) is 24.6 Å². The largest absolute Gasteiger partial charge is 0.497 e. The van der Waals surface area contributed by atoms with Crippen LogP contribution in [0.15, 0.2) is 71.3 Å². The molecule has 1 N–H and O–H groups in total. The summed E-state index contributed by atoms with van der Waals surface area (Å²) < 4.78 is 16.1. The van der Waals surface area contributed by atoms with Gasteiger partial charge in [0.1, 0.15) is 17.3 Å². The van der Waals surface area contributed by atoms with Crippen molar-refractivity contribution in [3.05, 3.63) is 78.3 Å². The van der Waals surface area contributed by atoms with Crippen LogP contribution in [0.5, 0.6) is 11.5 Å². The van der Waals surface area contributed by atoms with Gasteiger partial charge in [0.25, 0.3) is 0 Å². The second-order valence-electron chi connectivity index (χ2n) is 6.17. The van der Waals surface area contributed by atoms with E-state index >= 15 is 0 Å². The Labute approximate surface area is 164 Å². The predicted molar refractivity (Wildman–Crippen MR) is 108 cm³/mol. The van der Waals surface area contributed by atoms with Gasteiger partial charge >= 0.3 is 6.03 Å². The van der Waals surface area contributed by atoms with Gasteiger partial charge in [-0.3, -0.25) is 0 Å². The Morgan fingerprint density at radius 3 is 2.32 bits per heavy atom. The second-order valence-corrected chi connectivity index (χ2v) is 6.17. The quantitative estimate of drug-likeness (QED) is 0.602. The van der Waals surface area contributed by atoms with Crippen LogP contribution in [0.2, 0.25) is 0 Å². The molecule has 0 radical (unpaired) electrons. The molecule has 6 nitrogen and oxygen atoms in total. The Morgan fingerprint density at radius 2 is 1.71 bits per heavy atom. The van der Waals surface area contributed by atoms with Crippen LogP contribution in [0.4, 0.5) is 10.5 Å².